The van der Waals surface area contributed by atoms with Gasteiger partial charge in [0.1, 0.15) is 6.04 Å². The van der Waals surface area contributed by atoms with Gasteiger partial charge in [0.2, 0.25) is 15.9 Å². The predicted octanol–water partition coefficient (Wildman–Crippen LogP) is 3.10. The van der Waals surface area contributed by atoms with E-state index in [1.54, 1.807) is 34.1 Å². The predicted molar refractivity (Wildman–Crippen MR) is 128 cm³/mol. The van der Waals surface area contributed by atoms with E-state index in [4.69, 9.17) is 4.42 Å². The number of rotatable bonds is 4. The summed E-state index contributed by atoms with van der Waals surface area (Å²) in [5.74, 6) is -0.165. The van der Waals surface area contributed by atoms with Crippen LogP contribution in [0, 0.1) is 0 Å². The molecule has 3 heterocycles. The van der Waals surface area contributed by atoms with Crippen molar-refractivity contribution in [3.8, 4) is 0 Å². The zero-order valence-electron chi connectivity index (χ0n) is 20.1. The summed E-state index contributed by atoms with van der Waals surface area (Å²) in [6, 6.07) is 9.77. The highest BCUT2D eigenvalue weighted by Gasteiger charge is 2.38. The third-order valence-corrected chi connectivity index (χ3v) is 8.60. The number of sulfonamides is 1. The molecule has 0 spiro atoms. The van der Waals surface area contributed by atoms with Gasteiger partial charge in [-0.2, -0.15) is 4.31 Å². The molecular formula is C25H33N3O5S. The molecule has 1 unspecified atom stereocenters. The Kier molecular flexibility index (Phi) is 6.87. The summed E-state index contributed by atoms with van der Waals surface area (Å²) >= 11 is 0. The minimum Gasteiger partial charge on any atom is -0.459 e. The van der Waals surface area contributed by atoms with E-state index in [1.807, 2.05) is 12.1 Å². The van der Waals surface area contributed by atoms with Gasteiger partial charge in [0.25, 0.3) is 5.91 Å². The summed E-state index contributed by atoms with van der Waals surface area (Å²) in [4.78, 5) is 29.7. The number of benzene rings is 1. The molecule has 0 aliphatic carbocycles. The molecule has 2 aliphatic heterocycles. The number of amides is 2. The fourth-order valence-electron chi connectivity index (χ4n) is 4.61. The molecule has 2 saturated heterocycles. The number of piperidine rings is 1. The van der Waals surface area contributed by atoms with Crippen LogP contribution in [-0.2, 0) is 20.2 Å². The normalized spacial score (nSPS) is 20.4. The fourth-order valence-corrected chi connectivity index (χ4v) is 6.03. The molecule has 0 saturated carbocycles. The van der Waals surface area contributed by atoms with Crippen molar-refractivity contribution >= 4 is 21.8 Å². The van der Waals surface area contributed by atoms with Gasteiger partial charge in [-0.25, -0.2) is 8.42 Å². The second-order valence-corrected chi connectivity index (χ2v) is 11.9. The van der Waals surface area contributed by atoms with Crippen LogP contribution in [0.25, 0.3) is 0 Å². The summed E-state index contributed by atoms with van der Waals surface area (Å²) < 4.78 is 33.0. The molecule has 2 fully saturated rings. The van der Waals surface area contributed by atoms with Crippen LogP contribution < -0.4 is 0 Å². The van der Waals surface area contributed by atoms with Crippen LogP contribution in [0.3, 0.4) is 0 Å². The van der Waals surface area contributed by atoms with Gasteiger partial charge >= 0.3 is 0 Å². The molecule has 2 amide bonds. The highest BCUT2D eigenvalue weighted by molar-refractivity contribution is 7.89. The Morgan fingerprint density at radius 2 is 1.62 bits per heavy atom. The van der Waals surface area contributed by atoms with Crippen LogP contribution in [0.15, 0.2) is 52.0 Å². The summed E-state index contributed by atoms with van der Waals surface area (Å²) in [7, 11) is -3.63. The highest BCUT2D eigenvalue weighted by atomic mass is 32.2. The van der Waals surface area contributed by atoms with E-state index in [9.17, 15) is 18.0 Å². The maximum absolute atomic E-state index is 13.3. The van der Waals surface area contributed by atoms with E-state index in [0.29, 0.717) is 26.1 Å². The summed E-state index contributed by atoms with van der Waals surface area (Å²) in [6.07, 6.45) is 3.77. The van der Waals surface area contributed by atoms with Gasteiger partial charge in [-0.15, -0.1) is 0 Å². The van der Waals surface area contributed by atoms with Gasteiger partial charge in [0.05, 0.1) is 11.2 Å². The number of carbonyl (C=O) groups excluding carboxylic acids is 2. The van der Waals surface area contributed by atoms with Crippen molar-refractivity contribution < 1.29 is 22.4 Å². The average molecular weight is 488 g/mol. The molecule has 0 radical (unpaired) electrons. The number of hydrogen-bond acceptors (Lipinski definition) is 5. The van der Waals surface area contributed by atoms with E-state index < -0.39 is 16.1 Å². The lowest BCUT2D eigenvalue weighted by molar-refractivity contribution is -0.138. The standard InChI is InChI=1S/C25H33N3O5S/c1-25(2,3)19-9-11-20(12-10-19)34(31,32)27-16-14-26(15-17-27)23(29)21-7-4-5-13-28(21)24(30)22-8-6-18-33-22/h6,8-12,18,21H,4-5,7,13-17H2,1-3H3. The first-order valence-corrected chi connectivity index (χ1v) is 13.3. The lowest BCUT2D eigenvalue weighted by Gasteiger charge is -2.40. The molecule has 2 aromatic rings. The van der Waals surface area contributed by atoms with Crippen LogP contribution in [0.2, 0.25) is 0 Å². The first kappa shape index (κ1) is 24.5. The van der Waals surface area contributed by atoms with Crippen LogP contribution in [0.4, 0.5) is 0 Å². The molecule has 9 heteroatoms. The largest absolute Gasteiger partial charge is 0.459 e. The fraction of sp³-hybridized carbons (Fsp3) is 0.520. The number of piperazine rings is 1. The summed E-state index contributed by atoms with van der Waals surface area (Å²) in [6.45, 7) is 7.83. The van der Waals surface area contributed by atoms with E-state index in [2.05, 4.69) is 20.8 Å². The van der Waals surface area contributed by atoms with Crippen LogP contribution in [0.1, 0.15) is 56.2 Å². The van der Waals surface area contributed by atoms with Gasteiger partial charge in [0.15, 0.2) is 5.76 Å². The molecule has 4 rings (SSSR count). The Bertz CT molecular complexity index is 1110. The number of nitrogens with zero attached hydrogens (tertiary/aromatic N) is 3. The van der Waals surface area contributed by atoms with Gasteiger partial charge in [-0.05, 0) is 54.5 Å². The Hall–Kier alpha value is -2.65. The number of furan rings is 1. The molecule has 0 bridgehead atoms. The third kappa shape index (κ3) is 4.90. The second-order valence-electron chi connectivity index (χ2n) is 9.99. The quantitative estimate of drug-likeness (QED) is 0.661. The Labute approximate surface area is 201 Å². The van der Waals surface area contributed by atoms with Crippen molar-refractivity contribution in [3.63, 3.8) is 0 Å². The molecule has 184 valence electrons. The van der Waals surface area contributed by atoms with Crippen LogP contribution in [0.5, 0.6) is 0 Å². The molecule has 2 aliphatic rings. The monoisotopic (exact) mass is 487 g/mol. The Balaban J connectivity index is 1.41. The maximum Gasteiger partial charge on any atom is 0.290 e. The third-order valence-electron chi connectivity index (χ3n) is 6.69. The first-order valence-electron chi connectivity index (χ1n) is 11.8. The second kappa shape index (κ2) is 9.54. The molecule has 8 nitrogen and oxygen atoms in total. The van der Waals surface area contributed by atoms with E-state index in [1.165, 1.54) is 10.6 Å². The Morgan fingerprint density at radius 3 is 2.21 bits per heavy atom. The lowest BCUT2D eigenvalue weighted by atomic mass is 9.87. The van der Waals surface area contributed by atoms with E-state index in [-0.39, 0.29) is 41.0 Å². The molecule has 0 N–H and O–H groups in total. The van der Waals surface area contributed by atoms with Crippen LogP contribution >= 0.6 is 0 Å². The van der Waals surface area contributed by atoms with E-state index >= 15 is 0 Å². The first-order chi connectivity index (χ1) is 16.1. The van der Waals surface area contributed by atoms with Gasteiger partial charge < -0.3 is 14.2 Å². The van der Waals surface area contributed by atoms with Gasteiger partial charge in [-0.1, -0.05) is 32.9 Å². The molecule has 1 aromatic heterocycles. The minimum absolute atomic E-state index is 0.0560. The Morgan fingerprint density at radius 1 is 0.941 bits per heavy atom. The summed E-state index contributed by atoms with van der Waals surface area (Å²) in [5, 5.41) is 0. The zero-order chi connectivity index (χ0) is 24.5. The van der Waals surface area contributed by atoms with Crippen molar-refractivity contribution in [2.75, 3.05) is 32.7 Å². The van der Waals surface area contributed by atoms with Crippen molar-refractivity contribution in [2.45, 2.75) is 56.4 Å². The number of hydrogen-bond donors (Lipinski definition) is 0. The van der Waals surface area contributed by atoms with Crippen LogP contribution in [-0.4, -0.2) is 73.1 Å². The van der Waals surface area contributed by atoms with Crippen molar-refractivity contribution in [3.05, 3.63) is 54.0 Å². The highest BCUT2D eigenvalue weighted by Crippen LogP contribution is 2.26. The molecule has 34 heavy (non-hydrogen) atoms. The van der Waals surface area contributed by atoms with Gasteiger partial charge in [-0.3, -0.25) is 9.59 Å². The average Bonchev–Trinajstić information content (AvgIpc) is 3.38. The molecule has 1 aromatic carbocycles. The number of carbonyl (C=O) groups is 2. The maximum atomic E-state index is 13.3. The smallest absolute Gasteiger partial charge is 0.290 e. The lowest BCUT2D eigenvalue weighted by Crippen LogP contribution is -2.57. The van der Waals surface area contributed by atoms with Crippen molar-refractivity contribution in [1.29, 1.82) is 0 Å². The summed E-state index contributed by atoms with van der Waals surface area (Å²) in [5.41, 5.74) is 1.02. The van der Waals surface area contributed by atoms with Gasteiger partial charge in [0, 0.05) is 32.7 Å². The zero-order valence-corrected chi connectivity index (χ0v) is 20.9. The number of likely N-dealkylation sites (tertiary alicyclic amines) is 1. The van der Waals surface area contributed by atoms with E-state index in [0.717, 1.165) is 18.4 Å². The minimum atomic E-state index is -3.63. The molecular weight excluding hydrogens is 454 g/mol. The molecule has 1 atom stereocenters. The SMILES string of the molecule is CC(C)(C)c1ccc(S(=O)(=O)N2CCN(C(=O)C3CCCCN3C(=O)c3ccco3)CC2)cc1. The topological polar surface area (TPSA) is 91.1 Å². The van der Waals surface area contributed by atoms with Crippen molar-refractivity contribution in [1.82, 2.24) is 14.1 Å². The van der Waals surface area contributed by atoms with Crippen molar-refractivity contribution in [2.24, 2.45) is 0 Å².